The molecule has 6 heteroatoms. The van der Waals surface area contributed by atoms with Crippen LogP contribution in [0.3, 0.4) is 0 Å². The van der Waals surface area contributed by atoms with Gasteiger partial charge in [-0.1, -0.05) is 11.6 Å². The molecule has 79 valence electrons. The summed E-state index contributed by atoms with van der Waals surface area (Å²) >= 11 is 5.57. The third kappa shape index (κ3) is 2.18. The number of benzene rings is 1. The molecule has 1 radical (unpaired) electrons. The zero-order valence-corrected chi connectivity index (χ0v) is 7.82. The van der Waals surface area contributed by atoms with Gasteiger partial charge >= 0.3 is 6.36 Å². The van der Waals surface area contributed by atoms with Crippen LogP contribution in [0.2, 0.25) is 5.02 Å². The van der Waals surface area contributed by atoms with Gasteiger partial charge in [0.05, 0.1) is 11.3 Å². The van der Waals surface area contributed by atoms with Gasteiger partial charge < -0.3 is 9.15 Å². The highest BCUT2D eigenvalue weighted by Crippen LogP contribution is 2.33. The topological polar surface area (TPSA) is 22.4 Å². The molecule has 2 rings (SSSR count). The maximum atomic E-state index is 11.9. The van der Waals surface area contributed by atoms with Crippen molar-refractivity contribution in [1.82, 2.24) is 0 Å². The number of furan rings is 1. The Bertz CT molecular complexity index is 490. The average molecular weight is 236 g/mol. The monoisotopic (exact) mass is 235 g/mol. The van der Waals surface area contributed by atoms with Crippen LogP contribution in [-0.2, 0) is 0 Å². The second-order valence-electron chi connectivity index (χ2n) is 2.71. The van der Waals surface area contributed by atoms with Crippen molar-refractivity contribution in [2.45, 2.75) is 6.36 Å². The molecule has 0 aliphatic rings. The molecule has 0 aliphatic heterocycles. The summed E-state index contributed by atoms with van der Waals surface area (Å²) in [5.41, 5.74) is 0.356. The lowest BCUT2D eigenvalue weighted by Gasteiger charge is -2.09. The zero-order chi connectivity index (χ0) is 11.1. The van der Waals surface area contributed by atoms with Gasteiger partial charge in [-0.2, -0.15) is 0 Å². The summed E-state index contributed by atoms with van der Waals surface area (Å²) in [5.74, 6) is -0.464. The maximum Gasteiger partial charge on any atom is 0.573 e. The number of hydrogen-bond donors (Lipinski definition) is 0. The minimum absolute atomic E-state index is 0.164. The largest absolute Gasteiger partial charge is 0.573 e. The molecular weight excluding hydrogens is 233 g/mol. The van der Waals surface area contributed by atoms with Crippen LogP contribution in [-0.4, -0.2) is 6.36 Å². The summed E-state index contributed by atoms with van der Waals surface area (Å²) in [4.78, 5) is 0. The number of alkyl halides is 3. The highest BCUT2D eigenvalue weighted by Gasteiger charge is 2.32. The summed E-state index contributed by atoms with van der Waals surface area (Å²) < 4.78 is 44.4. The van der Waals surface area contributed by atoms with Crippen LogP contribution < -0.4 is 4.74 Å². The lowest BCUT2D eigenvalue weighted by Crippen LogP contribution is -2.17. The lowest BCUT2D eigenvalue weighted by atomic mass is 10.2. The van der Waals surface area contributed by atoms with Crippen molar-refractivity contribution in [2.75, 3.05) is 0 Å². The van der Waals surface area contributed by atoms with Gasteiger partial charge in [-0.15, -0.1) is 13.2 Å². The lowest BCUT2D eigenvalue weighted by molar-refractivity contribution is -0.274. The summed E-state index contributed by atoms with van der Waals surface area (Å²) in [7, 11) is 0. The fraction of sp³-hybridized carbons (Fsp3) is 0.111. The van der Waals surface area contributed by atoms with Crippen molar-refractivity contribution in [3.8, 4) is 5.75 Å². The summed E-state index contributed by atoms with van der Waals surface area (Å²) in [6.45, 7) is 0. The Labute approximate surface area is 87.2 Å². The number of halogens is 4. The minimum Gasteiger partial charge on any atom is -0.464 e. The van der Waals surface area contributed by atoms with Gasteiger partial charge in [0.15, 0.2) is 0 Å². The van der Waals surface area contributed by atoms with Gasteiger partial charge in [-0.3, -0.25) is 0 Å². The van der Waals surface area contributed by atoms with Gasteiger partial charge in [0.1, 0.15) is 11.3 Å². The second-order valence-corrected chi connectivity index (χ2v) is 3.11. The molecule has 0 N–H and O–H groups in total. The van der Waals surface area contributed by atoms with Crippen molar-refractivity contribution in [3.05, 3.63) is 29.5 Å². The predicted octanol–water partition coefficient (Wildman–Crippen LogP) is 3.78. The predicted molar refractivity (Wildman–Crippen MR) is 46.7 cm³/mol. The van der Waals surface area contributed by atoms with Crippen molar-refractivity contribution in [3.63, 3.8) is 0 Å². The molecule has 1 aromatic carbocycles. The van der Waals surface area contributed by atoms with E-state index < -0.39 is 12.1 Å². The molecule has 1 heterocycles. The van der Waals surface area contributed by atoms with E-state index in [2.05, 4.69) is 10.8 Å². The standard InChI is InChI=1S/C9H3ClF3O2/c10-6-4-7-5(1-2-14-7)3-8(6)15-9(11,12)13/h2-4H. The molecule has 0 bridgehead atoms. The second kappa shape index (κ2) is 3.34. The highest BCUT2D eigenvalue weighted by atomic mass is 35.5. The van der Waals surface area contributed by atoms with E-state index >= 15 is 0 Å². The van der Waals surface area contributed by atoms with E-state index in [-0.39, 0.29) is 5.02 Å². The Morgan fingerprint density at radius 3 is 2.73 bits per heavy atom. The quantitative estimate of drug-likeness (QED) is 0.750. The van der Waals surface area contributed by atoms with E-state index in [4.69, 9.17) is 16.0 Å². The molecule has 1 aromatic heterocycles. The van der Waals surface area contributed by atoms with Gasteiger partial charge in [0, 0.05) is 17.5 Å². The number of ether oxygens (including phenoxy) is 1. The van der Waals surface area contributed by atoms with Crippen molar-refractivity contribution in [1.29, 1.82) is 0 Å². The zero-order valence-electron chi connectivity index (χ0n) is 7.06. The first-order chi connectivity index (χ1) is 6.96. The Hall–Kier alpha value is -1.36. The fourth-order valence-corrected chi connectivity index (χ4v) is 1.30. The van der Waals surface area contributed by atoms with E-state index in [1.807, 2.05) is 0 Å². The Kier molecular flexibility index (Phi) is 2.26. The van der Waals surface area contributed by atoms with Crippen LogP contribution in [0.25, 0.3) is 11.0 Å². The number of fused-ring (bicyclic) bond motifs is 1. The van der Waals surface area contributed by atoms with Gasteiger partial charge in [-0.05, 0) is 6.07 Å². The van der Waals surface area contributed by atoms with Crippen LogP contribution >= 0.6 is 11.6 Å². The van der Waals surface area contributed by atoms with E-state index in [0.717, 1.165) is 6.07 Å². The molecule has 0 fully saturated rings. The van der Waals surface area contributed by atoms with Crippen molar-refractivity contribution >= 4 is 22.6 Å². The highest BCUT2D eigenvalue weighted by molar-refractivity contribution is 6.32. The van der Waals surface area contributed by atoms with Gasteiger partial charge in [-0.25, -0.2) is 0 Å². The third-order valence-electron chi connectivity index (χ3n) is 1.66. The molecule has 0 atom stereocenters. The molecule has 2 aromatic rings. The molecule has 15 heavy (non-hydrogen) atoms. The van der Waals surface area contributed by atoms with E-state index in [1.165, 1.54) is 12.3 Å². The first kappa shape index (κ1) is 10.2. The van der Waals surface area contributed by atoms with E-state index in [0.29, 0.717) is 11.0 Å². The third-order valence-corrected chi connectivity index (χ3v) is 1.96. The first-order valence-corrected chi connectivity index (χ1v) is 4.18. The van der Waals surface area contributed by atoms with Crippen LogP contribution in [0.5, 0.6) is 5.75 Å². The minimum atomic E-state index is -4.76. The van der Waals surface area contributed by atoms with E-state index in [1.54, 1.807) is 0 Å². The smallest absolute Gasteiger partial charge is 0.464 e. The van der Waals surface area contributed by atoms with Crippen molar-refractivity contribution in [2.24, 2.45) is 0 Å². The van der Waals surface area contributed by atoms with Crippen LogP contribution in [0.15, 0.2) is 22.8 Å². The Morgan fingerprint density at radius 2 is 2.07 bits per heavy atom. The Morgan fingerprint density at radius 1 is 1.33 bits per heavy atom. The molecule has 0 spiro atoms. The molecule has 0 aliphatic carbocycles. The first-order valence-electron chi connectivity index (χ1n) is 3.80. The molecule has 2 nitrogen and oxygen atoms in total. The SMILES string of the molecule is FC(F)(F)Oc1cc2[c]coc2cc1Cl. The van der Waals surface area contributed by atoms with Gasteiger partial charge in [0.2, 0.25) is 0 Å². The molecule has 0 unspecified atom stereocenters. The average Bonchev–Trinajstić information content (AvgIpc) is 2.49. The number of rotatable bonds is 1. The van der Waals surface area contributed by atoms with Crippen LogP contribution in [0, 0.1) is 6.07 Å². The van der Waals surface area contributed by atoms with E-state index in [9.17, 15) is 13.2 Å². The fourth-order valence-electron chi connectivity index (χ4n) is 1.10. The summed E-state index contributed by atoms with van der Waals surface area (Å²) in [6, 6.07) is 4.96. The molecule has 0 saturated heterocycles. The normalized spacial score (nSPS) is 12.0. The maximum absolute atomic E-state index is 11.9. The molecule has 0 saturated carbocycles. The summed E-state index contributed by atoms with van der Waals surface area (Å²) in [5, 5.41) is 0.210. The van der Waals surface area contributed by atoms with Crippen LogP contribution in [0.1, 0.15) is 0 Å². The van der Waals surface area contributed by atoms with Crippen molar-refractivity contribution < 1.29 is 22.3 Å². The molecular formula is C9H3ClF3O2. The Balaban J connectivity index is 2.46. The molecule has 0 amide bonds. The van der Waals surface area contributed by atoms with Gasteiger partial charge in [0.25, 0.3) is 0 Å². The van der Waals surface area contributed by atoms with Crippen LogP contribution in [0.4, 0.5) is 13.2 Å². The summed E-state index contributed by atoms with van der Waals surface area (Å²) in [6.07, 6.45) is -3.53. The number of hydrogen-bond acceptors (Lipinski definition) is 2.